The molecule has 0 bridgehead atoms. The van der Waals surface area contributed by atoms with E-state index in [0.29, 0.717) is 40.7 Å². The van der Waals surface area contributed by atoms with Crippen molar-refractivity contribution in [2.45, 2.75) is 11.8 Å². The predicted octanol–water partition coefficient (Wildman–Crippen LogP) is 3.66. The third-order valence-corrected chi connectivity index (χ3v) is 7.25. The first kappa shape index (κ1) is 20.7. The number of fused-ring (bicyclic) bond motifs is 4. The van der Waals surface area contributed by atoms with Gasteiger partial charge < -0.3 is 25.2 Å². The Morgan fingerprint density at radius 1 is 1.19 bits per heavy atom. The lowest BCUT2D eigenvalue weighted by atomic mass is 9.77. The zero-order valence-corrected chi connectivity index (χ0v) is 18.4. The van der Waals surface area contributed by atoms with Crippen molar-refractivity contribution < 1.29 is 24.5 Å². The summed E-state index contributed by atoms with van der Waals surface area (Å²) in [5.74, 6) is -0.603. The Kier molecular flexibility index (Phi) is 4.98. The van der Waals surface area contributed by atoms with Gasteiger partial charge in [-0.25, -0.2) is 0 Å². The van der Waals surface area contributed by atoms with Crippen molar-refractivity contribution in [2.24, 2.45) is 0 Å². The van der Waals surface area contributed by atoms with Crippen LogP contribution in [-0.4, -0.2) is 41.7 Å². The van der Waals surface area contributed by atoms with E-state index in [4.69, 9.17) is 16.3 Å². The first-order valence-electron chi connectivity index (χ1n) is 10.1. The zero-order chi connectivity index (χ0) is 22.5. The fourth-order valence-electron chi connectivity index (χ4n) is 4.40. The molecule has 0 saturated carbocycles. The molecule has 164 valence electrons. The summed E-state index contributed by atoms with van der Waals surface area (Å²) in [4.78, 5) is 28.1. The van der Waals surface area contributed by atoms with Crippen LogP contribution in [0.4, 0.5) is 5.69 Å². The summed E-state index contributed by atoms with van der Waals surface area (Å²) in [6.07, 6.45) is 0.541. The molecule has 1 spiro atoms. The van der Waals surface area contributed by atoms with Gasteiger partial charge in [0, 0.05) is 30.4 Å². The highest BCUT2D eigenvalue weighted by Gasteiger charge is 2.56. The van der Waals surface area contributed by atoms with Gasteiger partial charge in [0.25, 0.3) is 5.91 Å². The number of carbonyl (C=O) groups excluding carboxylic acids is 2. The van der Waals surface area contributed by atoms with E-state index in [1.54, 1.807) is 16.3 Å². The molecule has 3 heterocycles. The van der Waals surface area contributed by atoms with Crippen LogP contribution in [0.3, 0.4) is 0 Å². The number of ether oxygens (including phenoxy) is 1. The van der Waals surface area contributed by atoms with Crippen molar-refractivity contribution in [3.8, 4) is 17.2 Å². The quantitative estimate of drug-likeness (QED) is 0.390. The Hall–Kier alpha value is -3.23. The highest BCUT2D eigenvalue weighted by molar-refractivity contribution is 7.12. The normalized spacial score (nSPS) is 18.5. The van der Waals surface area contributed by atoms with Crippen molar-refractivity contribution >= 4 is 40.4 Å². The van der Waals surface area contributed by atoms with E-state index in [2.05, 4.69) is 5.32 Å². The molecule has 0 radical (unpaired) electrons. The molecule has 2 aliphatic rings. The third-order valence-electron chi connectivity index (χ3n) is 5.91. The number of nitrogens with zero attached hydrogens (tertiary/aromatic N) is 1. The number of amides is 2. The van der Waals surface area contributed by atoms with Gasteiger partial charge in [0.05, 0.1) is 5.02 Å². The van der Waals surface area contributed by atoms with Crippen LogP contribution in [0.25, 0.3) is 0 Å². The summed E-state index contributed by atoms with van der Waals surface area (Å²) in [6, 6.07) is 11.9. The number of halogens is 1. The van der Waals surface area contributed by atoms with Gasteiger partial charge in [-0.15, -0.1) is 11.3 Å². The first-order valence-corrected chi connectivity index (χ1v) is 11.3. The smallest absolute Gasteiger partial charge is 0.262 e. The molecule has 7 nitrogen and oxygen atoms in total. The largest absolute Gasteiger partial charge is 0.504 e. The van der Waals surface area contributed by atoms with Gasteiger partial charge in [0.15, 0.2) is 11.5 Å². The number of hydrogen-bond acceptors (Lipinski definition) is 6. The first-order chi connectivity index (χ1) is 15.4. The number of rotatable bonds is 5. The molecular weight excluding hydrogens is 452 g/mol. The van der Waals surface area contributed by atoms with Gasteiger partial charge in [-0.3, -0.25) is 9.59 Å². The van der Waals surface area contributed by atoms with Crippen LogP contribution in [0.5, 0.6) is 17.2 Å². The summed E-state index contributed by atoms with van der Waals surface area (Å²) in [6.45, 7) is 0.869. The average molecular weight is 471 g/mol. The SMILES string of the molecule is O=C(NCCCN1C(=O)C2(COc3cc(O)c(O)cc32)c2ccccc21)c1sccc1Cl. The lowest BCUT2D eigenvalue weighted by molar-refractivity contribution is -0.122. The van der Waals surface area contributed by atoms with Gasteiger partial charge in [-0.1, -0.05) is 29.8 Å². The minimum atomic E-state index is -1.08. The number of benzene rings is 2. The molecule has 2 amide bonds. The van der Waals surface area contributed by atoms with Crippen molar-refractivity contribution in [1.82, 2.24) is 5.32 Å². The Bertz CT molecular complexity index is 1240. The maximum atomic E-state index is 13.7. The van der Waals surface area contributed by atoms with E-state index in [1.165, 1.54) is 23.5 Å². The van der Waals surface area contributed by atoms with Gasteiger partial charge >= 0.3 is 0 Å². The predicted molar refractivity (Wildman–Crippen MR) is 121 cm³/mol. The number of aromatic hydroxyl groups is 2. The molecule has 0 aliphatic carbocycles. The molecule has 1 atom stereocenters. The van der Waals surface area contributed by atoms with Crippen LogP contribution >= 0.6 is 22.9 Å². The molecule has 3 N–H and O–H groups in total. The Labute approximate surface area is 192 Å². The molecule has 1 unspecified atom stereocenters. The van der Waals surface area contributed by atoms with Crippen LogP contribution in [-0.2, 0) is 10.2 Å². The molecule has 0 saturated heterocycles. The van der Waals surface area contributed by atoms with E-state index in [-0.39, 0.29) is 29.9 Å². The van der Waals surface area contributed by atoms with Crippen LogP contribution in [0.1, 0.15) is 27.2 Å². The van der Waals surface area contributed by atoms with E-state index >= 15 is 0 Å². The van der Waals surface area contributed by atoms with Crippen molar-refractivity contribution in [1.29, 1.82) is 0 Å². The standard InChI is InChI=1S/C23H19ClN2O5S/c24-15-6-9-32-20(15)21(29)25-7-3-8-26-16-5-2-1-4-13(16)23(22(26)30)12-31-19-11-18(28)17(27)10-14(19)23/h1-2,4-6,9-11,27-28H,3,7-8,12H2,(H,25,29). The summed E-state index contributed by atoms with van der Waals surface area (Å²) < 4.78 is 5.77. The second-order valence-corrected chi connectivity index (χ2v) is 9.04. The minimum Gasteiger partial charge on any atom is -0.504 e. The van der Waals surface area contributed by atoms with E-state index in [0.717, 1.165) is 11.3 Å². The maximum absolute atomic E-state index is 13.7. The van der Waals surface area contributed by atoms with Gasteiger partial charge in [0.1, 0.15) is 22.6 Å². The summed E-state index contributed by atoms with van der Waals surface area (Å²) >= 11 is 7.29. The number of para-hydroxylation sites is 1. The summed E-state index contributed by atoms with van der Waals surface area (Å²) in [5, 5.41) is 24.9. The van der Waals surface area contributed by atoms with E-state index in [9.17, 15) is 19.8 Å². The number of phenols is 2. The van der Waals surface area contributed by atoms with E-state index in [1.807, 2.05) is 24.3 Å². The second kappa shape index (κ2) is 7.72. The number of hydrogen-bond donors (Lipinski definition) is 3. The molecule has 5 rings (SSSR count). The Morgan fingerprint density at radius 2 is 1.97 bits per heavy atom. The Morgan fingerprint density at radius 3 is 2.75 bits per heavy atom. The number of anilines is 1. The molecule has 32 heavy (non-hydrogen) atoms. The van der Waals surface area contributed by atoms with Crippen molar-refractivity contribution in [3.63, 3.8) is 0 Å². The molecule has 3 aromatic rings. The molecule has 0 fully saturated rings. The fourth-order valence-corrected chi connectivity index (χ4v) is 5.45. The van der Waals surface area contributed by atoms with Gasteiger partial charge in [0.2, 0.25) is 5.91 Å². The highest BCUT2D eigenvalue weighted by atomic mass is 35.5. The van der Waals surface area contributed by atoms with Gasteiger partial charge in [-0.05, 0) is 35.6 Å². The molecule has 9 heteroatoms. The van der Waals surface area contributed by atoms with Crippen molar-refractivity contribution in [2.75, 3.05) is 24.6 Å². The lowest BCUT2D eigenvalue weighted by Gasteiger charge is -2.23. The van der Waals surface area contributed by atoms with Crippen LogP contribution in [0.15, 0.2) is 47.8 Å². The zero-order valence-electron chi connectivity index (χ0n) is 16.8. The Balaban J connectivity index is 1.37. The number of carbonyl (C=O) groups is 2. The molecule has 2 aromatic carbocycles. The van der Waals surface area contributed by atoms with Crippen LogP contribution in [0, 0.1) is 0 Å². The number of phenolic OH excluding ortho intramolecular Hbond substituents is 2. The van der Waals surface area contributed by atoms with Crippen molar-refractivity contribution in [3.05, 3.63) is 68.9 Å². The maximum Gasteiger partial charge on any atom is 0.262 e. The van der Waals surface area contributed by atoms with E-state index < -0.39 is 5.41 Å². The minimum absolute atomic E-state index is 0.0885. The second-order valence-electron chi connectivity index (χ2n) is 7.71. The third kappa shape index (κ3) is 3.02. The lowest BCUT2D eigenvalue weighted by Crippen LogP contribution is -2.43. The fraction of sp³-hybridized carbons (Fsp3) is 0.217. The molecular formula is C23H19ClN2O5S. The molecule has 1 aromatic heterocycles. The number of nitrogens with one attached hydrogen (secondary N) is 1. The average Bonchev–Trinajstić information content (AvgIpc) is 3.44. The van der Waals surface area contributed by atoms with Crippen LogP contribution in [0.2, 0.25) is 5.02 Å². The summed E-state index contributed by atoms with van der Waals surface area (Å²) in [7, 11) is 0. The topological polar surface area (TPSA) is 99.1 Å². The number of thiophene rings is 1. The summed E-state index contributed by atoms with van der Waals surface area (Å²) in [5.41, 5.74) is 1.02. The molecule has 2 aliphatic heterocycles. The highest BCUT2D eigenvalue weighted by Crippen LogP contribution is 2.54. The van der Waals surface area contributed by atoms with Gasteiger partial charge in [-0.2, -0.15) is 0 Å². The monoisotopic (exact) mass is 470 g/mol. The van der Waals surface area contributed by atoms with Crippen LogP contribution < -0.4 is 15.0 Å².